The van der Waals surface area contributed by atoms with Crippen molar-refractivity contribution in [2.24, 2.45) is 5.92 Å². The highest BCUT2D eigenvalue weighted by Crippen LogP contribution is 2.22. The summed E-state index contributed by atoms with van der Waals surface area (Å²) in [6, 6.07) is 5.79. The number of nitrogens with zero attached hydrogens (tertiary/aromatic N) is 1. The molecule has 1 N–H and O–H groups in total. The van der Waals surface area contributed by atoms with E-state index in [1.807, 2.05) is 18.2 Å². The third-order valence-electron chi connectivity index (χ3n) is 2.89. The maximum Gasteiger partial charge on any atom is 0.401 e. The molecule has 0 amide bonds. The molecule has 1 aromatic carbocycles. The summed E-state index contributed by atoms with van der Waals surface area (Å²) in [5.74, 6) is 0.587. The fourth-order valence-corrected chi connectivity index (χ4v) is 2.54. The molecule has 0 aliphatic carbocycles. The molecule has 0 aliphatic rings. The third kappa shape index (κ3) is 7.83. The highest BCUT2D eigenvalue weighted by molar-refractivity contribution is 9.10. The summed E-state index contributed by atoms with van der Waals surface area (Å²) >= 11 is 3.44. The van der Waals surface area contributed by atoms with E-state index in [-0.39, 0.29) is 6.54 Å². The molecule has 0 aliphatic heterocycles. The Morgan fingerprint density at radius 2 is 1.95 bits per heavy atom. The lowest BCUT2D eigenvalue weighted by atomic mass is 10.1. The van der Waals surface area contributed by atoms with Gasteiger partial charge < -0.3 is 5.32 Å². The van der Waals surface area contributed by atoms with Gasteiger partial charge in [-0.25, -0.2) is 0 Å². The van der Waals surface area contributed by atoms with Gasteiger partial charge in [0.1, 0.15) is 0 Å². The topological polar surface area (TPSA) is 15.3 Å². The molecule has 0 radical (unpaired) electrons. The zero-order valence-electron chi connectivity index (χ0n) is 12.6. The summed E-state index contributed by atoms with van der Waals surface area (Å²) in [7, 11) is 1.47. The number of nitrogens with one attached hydrogen (secondary N) is 1. The maximum atomic E-state index is 12.3. The summed E-state index contributed by atoms with van der Waals surface area (Å²) in [5, 5.41) is 3.34. The lowest BCUT2D eigenvalue weighted by Crippen LogP contribution is -2.30. The van der Waals surface area contributed by atoms with E-state index >= 15 is 0 Å². The summed E-state index contributed by atoms with van der Waals surface area (Å²) in [4.78, 5) is 1.26. The van der Waals surface area contributed by atoms with Crippen LogP contribution in [0, 0.1) is 5.92 Å². The Kier molecular flexibility index (Phi) is 7.16. The van der Waals surface area contributed by atoms with E-state index in [0.717, 1.165) is 28.7 Å². The standard InChI is InChI=1S/C15H22BrF3N2/c1-11(2)7-20-8-12-4-5-13(14(16)6-12)9-21(3)10-15(17,18)19/h4-6,11,20H,7-10H2,1-3H3. The van der Waals surface area contributed by atoms with Gasteiger partial charge in [-0.15, -0.1) is 0 Å². The van der Waals surface area contributed by atoms with Gasteiger partial charge in [0.15, 0.2) is 0 Å². The first-order valence-corrected chi connectivity index (χ1v) is 7.70. The Morgan fingerprint density at radius 1 is 1.29 bits per heavy atom. The largest absolute Gasteiger partial charge is 0.401 e. The van der Waals surface area contributed by atoms with Gasteiger partial charge in [0.25, 0.3) is 0 Å². The maximum absolute atomic E-state index is 12.3. The van der Waals surface area contributed by atoms with Crippen molar-refractivity contribution < 1.29 is 13.2 Å². The molecule has 0 bridgehead atoms. The fraction of sp³-hybridized carbons (Fsp3) is 0.600. The SMILES string of the molecule is CC(C)CNCc1ccc(CN(C)CC(F)(F)F)c(Br)c1. The summed E-state index contributed by atoms with van der Waals surface area (Å²) in [5.41, 5.74) is 1.97. The number of benzene rings is 1. The van der Waals surface area contributed by atoms with Crippen LogP contribution >= 0.6 is 15.9 Å². The second-order valence-corrected chi connectivity index (χ2v) is 6.59. The Morgan fingerprint density at radius 3 is 2.48 bits per heavy atom. The molecule has 21 heavy (non-hydrogen) atoms. The molecule has 1 aromatic rings. The van der Waals surface area contributed by atoms with E-state index in [9.17, 15) is 13.2 Å². The fourth-order valence-electron chi connectivity index (χ4n) is 1.99. The Bertz CT molecular complexity index is 447. The Hall–Kier alpha value is -0.590. The van der Waals surface area contributed by atoms with E-state index in [0.29, 0.717) is 5.92 Å². The number of rotatable bonds is 7. The van der Waals surface area contributed by atoms with Crippen molar-refractivity contribution in [1.82, 2.24) is 10.2 Å². The zero-order valence-corrected chi connectivity index (χ0v) is 14.2. The zero-order chi connectivity index (χ0) is 16.0. The average molecular weight is 367 g/mol. The van der Waals surface area contributed by atoms with Gasteiger partial charge in [-0.3, -0.25) is 4.90 Å². The van der Waals surface area contributed by atoms with E-state index < -0.39 is 12.7 Å². The minimum Gasteiger partial charge on any atom is -0.312 e. The van der Waals surface area contributed by atoms with Crippen molar-refractivity contribution >= 4 is 15.9 Å². The van der Waals surface area contributed by atoms with E-state index in [2.05, 4.69) is 35.1 Å². The minimum atomic E-state index is -4.16. The van der Waals surface area contributed by atoms with Crippen molar-refractivity contribution in [3.63, 3.8) is 0 Å². The van der Waals surface area contributed by atoms with Gasteiger partial charge in [0.2, 0.25) is 0 Å². The summed E-state index contributed by atoms with van der Waals surface area (Å²) in [6.07, 6.45) is -4.16. The third-order valence-corrected chi connectivity index (χ3v) is 3.63. The van der Waals surface area contributed by atoms with Crippen LogP contribution in [0.2, 0.25) is 0 Å². The van der Waals surface area contributed by atoms with Crippen LogP contribution in [0.25, 0.3) is 0 Å². The molecule has 0 fully saturated rings. The molecular formula is C15H22BrF3N2. The van der Waals surface area contributed by atoms with Gasteiger partial charge in [-0.2, -0.15) is 13.2 Å². The van der Waals surface area contributed by atoms with Crippen molar-refractivity contribution in [2.45, 2.75) is 33.1 Å². The van der Waals surface area contributed by atoms with Crippen molar-refractivity contribution in [2.75, 3.05) is 20.1 Å². The lowest BCUT2D eigenvalue weighted by Gasteiger charge is -2.19. The van der Waals surface area contributed by atoms with Crippen molar-refractivity contribution in [1.29, 1.82) is 0 Å². The van der Waals surface area contributed by atoms with Crippen molar-refractivity contribution in [3.8, 4) is 0 Å². The number of halogens is 4. The molecular weight excluding hydrogens is 345 g/mol. The monoisotopic (exact) mass is 366 g/mol. The molecule has 0 aromatic heterocycles. The van der Waals surface area contributed by atoms with Gasteiger partial charge in [0, 0.05) is 17.6 Å². The number of alkyl halides is 3. The van der Waals surface area contributed by atoms with Crippen LogP contribution in [0.15, 0.2) is 22.7 Å². The van der Waals surface area contributed by atoms with Gasteiger partial charge in [-0.1, -0.05) is 41.9 Å². The second-order valence-electron chi connectivity index (χ2n) is 5.74. The first-order chi connectivity index (χ1) is 9.67. The molecule has 1 rings (SSSR count). The molecule has 120 valence electrons. The molecule has 0 spiro atoms. The summed E-state index contributed by atoms with van der Waals surface area (Å²) in [6.45, 7) is 5.34. The molecule has 6 heteroatoms. The first-order valence-electron chi connectivity index (χ1n) is 6.90. The van der Waals surface area contributed by atoms with Gasteiger partial charge in [0.05, 0.1) is 6.54 Å². The van der Waals surface area contributed by atoms with Crippen LogP contribution in [0.3, 0.4) is 0 Å². The van der Waals surface area contributed by atoms with Crippen LogP contribution in [-0.4, -0.2) is 31.2 Å². The van der Waals surface area contributed by atoms with Gasteiger partial charge in [-0.05, 0) is 36.7 Å². The lowest BCUT2D eigenvalue weighted by molar-refractivity contribution is -0.144. The quantitative estimate of drug-likeness (QED) is 0.778. The van der Waals surface area contributed by atoms with Crippen LogP contribution in [0.5, 0.6) is 0 Å². The smallest absolute Gasteiger partial charge is 0.312 e. The molecule has 0 heterocycles. The average Bonchev–Trinajstić information content (AvgIpc) is 2.29. The molecule has 2 nitrogen and oxygen atoms in total. The highest BCUT2D eigenvalue weighted by atomic mass is 79.9. The van der Waals surface area contributed by atoms with Crippen LogP contribution in [0.4, 0.5) is 13.2 Å². The molecule has 0 unspecified atom stereocenters. The number of hydrogen-bond donors (Lipinski definition) is 1. The van der Waals surface area contributed by atoms with Crippen LogP contribution < -0.4 is 5.32 Å². The Labute approximate surface area is 132 Å². The summed E-state index contributed by atoms with van der Waals surface area (Å²) < 4.78 is 37.8. The molecule has 0 atom stereocenters. The molecule has 0 saturated carbocycles. The highest BCUT2D eigenvalue weighted by Gasteiger charge is 2.29. The van der Waals surface area contributed by atoms with Crippen LogP contribution in [0.1, 0.15) is 25.0 Å². The van der Waals surface area contributed by atoms with Crippen LogP contribution in [-0.2, 0) is 13.1 Å². The molecule has 0 saturated heterocycles. The second kappa shape index (κ2) is 8.15. The predicted octanol–water partition coefficient (Wildman–Crippen LogP) is 4.19. The number of hydrogen-bond acceptors (Lipinski definition) is 2. The normalized spacial score (nSPS) is 12.4. The predicted molar refractivity (Wildman–Crippen MR) is 83.1 cm³/mol. The van der Waals surface area contributed by atoms with E-state index in [4.69, 9.17) is 0 Å². The van der Waals surface area contributed by atoms with Crippen molar-refractivity contribution in [3.05, 3.63) is 33.8 Å². The van der Waals surface area contributed by atoms with Gasteiger partial charge >= 0.3 is 6.18 Å². The minimum absolute atomic E-state index is 0.264. The van der Waals surface area contributed by atoms with E-state index in [1.54, 1.807) is 0 Å². The Balaban J connectivity index is 2.57. The van der Waals surface area contributed by atoms with E-state index in [1.165, 1.54) is 11.9 Å². The first kappa shape index (κ1) is 18.5.